The number of carbonyl (C=O) groups excluding carboxylic acids is 2. The number of anilines is 1. The Morgan fingerprint density at radius 3 is 2.56 bits per heavy atom. The highest BCUT2D eigenvalue weighted by Crippen LogP contribution is 2.26. The van der Waals surface area contributed by atoms with Crippen molar-refractivity contribution >= 4 is 44.3 Å². The summed E-state index contributed by atoms with van der Waals surface area (Å²) < 4.78 is 5.66. The second kappa shape index (κ2) is 7.58. The first kappa shape index (κ1) is 17.3. The Morgan fingerprint density at radius 2 is 1.84 bits per heavy atom. The third-order valence-electron chi connectivity index (χ3n) is 3.41. The van der Waals surface area contributed by atoms with Crippen LogP contribution in [-0.2, 0) is 4.74 Å². The molecule has 0 unspecified atom stereocenters. The van der Waals surface area contributed by atoms with Crippen LogP contribution in [0.3, 0.4) is 0 Å². The summed E-state index contributed by atoms with van der Waals surface area (Å²) in [7, 11) is 1.30. The van der Waals surface area contributed by atoms with Gasteiger partial charge in [-0.05, 0) is 30.3 Å². The topological polar surface area (TPSA) is 68.3 Å². The van der Waals surface area contributed by atoms with Crippen molar-refractivity contribution in [3.05, 3.63) is 69.5 Å². The van der Waals surface area contributed by atoms with Crippen LogP contribution in [0.15, 0.2) is 58.4 Å². The molecule has 3 aromatic rings. The van der Waals surface area contributed by atoms with Crippen LogP contribution in [0, 0.1) is 0 Å². The molecule has 0 spiro atoms. The average Bonchev–Trinajstić information content (AvgIpc) is 3.10. The lowest BCUT2D eigenvalue weighted by Crippen LogP contribution is -2.13. The van der Waals surface area contributed by atoms with Crippen LogP contribution in [0.4, 0.5) is 5.13 Å². The van der Waals surface area contributed by atoms with Gasteiger partial charge in [0.2, 0.25) is 0 Å². The molecule has 3 rings (SSSR count). The van der Waals surface area contributed by atoms with Gasteiger partial charge in [0.25, 0.3) is 5.91 Å². The van der Waals surface area contributed by atoms with Crippen molar-refractivity contribution in [1.82, 2.24) is 4.98 Å². The summed E-state index contributed by atoms with van der Waals surface area (Å²) in [5.74, 6) is -0.816. The van der Waals surface area contributed by atoms with Crippen LogP contribution >= 0.6 is 27.3 Å². The van der Waals surface area contributed by atoms with Gasteiger partial charge in [-0.2, -0.15) is 0 Å². The monoisotopic (exact) mass is 416 g/mol. The number of carbonyl (C=O) groups is 2. The van der Waals surface area contributed by atoms with Gasteiger partial charge in [-0.1, -0.05) is 34.1 Å². The van der Waals surface area contributed by atoms with E-state index in [1.54, 1.807) is 18.2 Å². The van der Waals surface area contributed by atoms with Crippen LogP contribution < -0.4 is 5.32 Å². The highest BCUT2D eigenvalue weighted by molar-refractivity contribution is 9.10. The van der Waals surface area contributed by atoms with E-state index in [9.17, 15) is 9.59 Å². The van der Waals surface area contributed by atoms with Crippen molar-refractivity contribution < 1.29 is 14.3 Å². The lowest BCUT2D eigenvalue weighted by Gasteiger charge is -2.04. The summed E-state index contributed by atoms with van der Waals surface area (Å²) in [5.41, 5.74) is 2.44. The number of nitrogens with one attached hydrogen (secondary N) is 1. The van der Waals surface area contributed by atoms with E-state index in [0.717, 1.165) is 15.7 Å². The number of methoxy groups -OCH3 is 1. The molecular weight excluding hydrogens is 404 g/mol. The fourth-order valence-electron chi connectivity index (χ4n) is 2.16. The molecule has 0 aliphatic heterocycles. The van der Waals surface area contributed by atoms with E-state index in [2.05, 4.69) is 31.0 Å². The van der Waals surface area contributed by atoms with Crippen LogP contribution in [0.2, 0.25) is 0 Å². The van der Waals surface area contributed by atoms with Crippen LogP contribution in [0.1, 0.15) is 20.7 Å². The van der Waals surface area contributed by atoms with E-state index in [-0.39, 0.29) is 5.91 Å². The van der Waals surface area contributed by atoms with E-state index >= 15 is 0 Å². The predicted octanol–water partition coefficient (Wildman–Crippen LogP) is 4.61. The van der Waals surface area contributed by atoms with E-state index in [1.807, 2.05) is 29.6 Å². The Hall–Kier alpha value is -2.51. The molecule has 0 atom stereocenters. The summed E-state index contributed by atoms with van der Waals surface area (Å²) in [6.07, 6.45) is 0. The van der Waals surface area contributed by atoms with Crippen molar-refractivity contribution in [2.24, 2.45) is 0 Å². The molecule has 5 nitrogen and oxygen atoms in total. The summed E-state index contributed by atoms with van der Waals surface area (Å²) in [6, 6.07) is 14.1. The van der Waals surface area contributed by atoms with Gasteiger partial charge in [-0.15, -0.1) is 11.3 Å². The molecule has 0 bridgehead atoms. The molecule has 0 saturated carbocycles. The molecule has 0 aliphatic rings. The molecule has 1 amide bonds. The Kier molecular flexibility index (Phi) is 5.25. The van der Waals surface area contributed by atoms with E-state index in [0.29, 0.717) is 16.3 Å². The number of amides is 1. The van der Waals surface area contributed by atoms with Crippen molar-refractivity contribution in [1.29, 1.82) is 0 Å². The highest BCUT2D eigenvalue weighted by atomic mass is 79.9. The Balaban J connectivity index is 1.76. The minimum Gasteiger partial charge on any atom is -0.465 e. The molecule has 25 heavy (non-hydrogen) atoms. The fourth-order valence-corrected chi connectivity index (χ4v) is 3.14. The van der Waals surface area contributed by atoms with Gasteiger partial charge in [0.1, 0.15) is 0 Å². The minimum absolute atomic E-state index is 0.324. The number of aromatic nitrogens is 1. The van der Waals surface area contributed by atoms with E-state index < -0.39 is 5.97 Å². The number of hydrogen-bond donors (Lipinski definition) is 1. The lowest BCUT2D eigenvalue weighted by atomic mass is 10.1. The lowest BCUT2D eigenvalue weighted by molar-refractivity contribution is 0.0600. The maximum atomic E-state index is 12.4. The summed E-state index contributed by atoms with van der Waals surface area (Å²) in [4.78, 5) is 28.4. The third kappa shape index (κ3) is 4.12. The second-order valence-electron chi connectivity index (χ2n) is 5.07. The van der Waals surface area contributed by atoms with Gasteiger partial charge in [0, 0.05) is 21.0 Å². The Labute approximate surface area is 156 Å². The fraction of sp³-hybridized carbons (Fsp3) is 0.0556. The minimum atomic E-state index is -0.485. The maximum Gasteiger partial charge on any atom is 0.337 e. The number of rotatable bonds is 4. The van der Waals surface area contributed by atoms with Crippen molar-refractivity contribution in [3.8, 4) is 11.3 Å². The summed E-state index contributed by atoms with van der Waals surface area (Å²) in [6.45, 7) is 0. The standard InChI is InChI=1S/C18H13BrN2O3S/c1-24-17(23)13-4-2-3-12(9-13)16(22)21-18-20-15(10-25-18)11-5-7-14(19)8-6-11/h2-10H,1H3,(H,20,21,22). The number of benzene rings is 2. The number of esters is 1. The summed E-state index contributed by atoms with van der Waals surface area (Å²) in [5, 5.41) is 5.12. The molecule has 0 aliphatic carbocycles. The normalized spacial score (nSPS) is 10.3. The Bertz CT molecular complexity index is 922. The summed E-state index contributed by atoms with van der Waals surface area (Å²) >= 11 is 4.74. The number of halogens is 1. The van der Waals surface area contributed by atoms with Gasteiger partial charge >= 0.3 is 5.97 Å². The number of ether oxygens (including phenoxy) is 1. The quantitative estimate of drug-likeness (QED) is 0.630. The van der Waals surface area contributed by atoms with Crippen LogP contribution in [0.25, 0.3) is 11.3 Å². The zero-order valence-corrected chi connectivity index (χ0v) is 15.6. The van der Waals surface area contributed by atoms with Gasteiger partial charge in [0.15, 0.2) is 5.13 Å². The first-order chi connectivity index (χ1) is 12.1. The van der Waals surface area contributed by atoms with E-state index in [1.165, 1.54) is 24.5 Å². The largest absolute Gasteiger partial charge is 0.465 e. The average molecular weight is 417 g/mol. The molecule has 7 heteroatoms. The van der Waals surface area contributed by atoms with Crippen LogP contribution in [-0.4, -0.2) is 24.0 Å². The maximum absolute atomic E-state index is 12.4. The molecular formula is C18H13BrN2O3S. The molecule has 0 saturated heterocycles. The van der Waals surface area contributed by atoms with Gasteiger partial charge < -0.3 is 4.74 Å². The molecule has 2 aromatic carbocycles. The third-order valence-corrected chi connectivity index (χ3v) is 4.70. The number of hydrogen-bond acceptors (Lipinski definition) is 5. The van der Waals surface area contributed by atoms with Crippen molar-refractivity contribution in [3.63, 3.8) is 0 Å². The molecule has 1 N–H and O–H groups in total. The van der Waals surface area contributed by atoms with Gasteiger partial charge in [0.05, 0.1) is 18.4 Å². The van der Waals surface area contributed by atoms with Crippen LogP contribution in [0.5, 0.6) is 0 Å². The smallest absolute Gasteiger partial charge is 0.337 e. The molecule has 1 aromatic heterocycles. The van der Waals surface area contributed by atoms with Gasteiger partial charge in [-0.3, -0.25) is 10.1 Å². The zero-order valence-electron chi connectivity index (χ0n) is 13.2. The molecule has 0 fully saturated rings. The zero-order chi connectivity index (χ0) is 17.8. The predicted molar refractivity (Wildman–Crippen MR) is 101 cm³/mol. The second-order valence-corrected chi connectivity index (χ2v) is 6.85. The van der Waals surface area contributed by atoms with Crippen molar-refractivity contribution in [2.75, 3.05) is 12.4 Å². The molecule has 126 valence electrons. The SMILES string of the molecule is COC(=O)c1cccc(C(=O)Nc2nc(-c3ccc(Br)cc3)cs2)c1. The molecule has 0 radical (unpaired) electrons. The Morgan fingerprint density at radius 1 is 1.12 bits per heavy atom. The first-order valence-electron chi connectivity index (χ1n) is 7.28. The van der Waals surface area contributed by atoms with Gasteiger partial charge in [-0.25, -0.2) is 9.78 Å². The van der Waals surface area contributed by atoms with Crippen molar-refractivity contribution in [2.45, 2.75) is 0 Å². The first-order valence-corrected chi connectivity index (χ1v) is 8.95. The number of thiazole rings is 1. The number of nitrogens with zero attached hydrogens (tertiary/aromatic N) is 1. The van der Waals surface area contributed by atoms with E-state index in [4.69, 9.17) is 0 Å². The molecule has 1 heterocycles. The highest BCUT2D eigenvalue weighted by Gasteiger charge is 2.13.